The van der Waals surface area contributed by atoms with E-state index in [1.54, 1.807) is 17.4 Å². The molecule has 0 spiro atoms. The van der Waals surface area contributed by atoms with E-state index >= 15 is 0 Å². The zero-order chi connectivity index (χ0) is 11.5. The van der Waals surface area contributed by atoms with Crippen molar-refractivity contribution in [1.29, 1.82) is 0 Å². The molecule has 16 heavy (non-hydrogen) atoms. The third-order valence-electron chi connectivity index (χ3n) is 1.93. The Morgan fingerprint density at radius 1 is 1.62 bits per heavy atom. The van der Waals surface area contributed by atoms with Gasteiger partial charge in [0.2, 0.25) is 0 Å². The minimum Gasteiger partial charge on any atom is -0.359 e. The molecule has 0 radical (unpaired) electrons. The monoisotopic (exact) mass is 348 g/mol. The van der Waals surface area contributed by atoms with E-state index in [1.807, 2.05) is 18.4 Å². The van der Waals surface area contributed by atoms with Gasteiger partial charge < -0.3 is 9.84 Å². The maximum Gasteiger partial charge on any atom is 0.252 e. The van der Waals surface area contributed by atoms with Gasteiger partial charge in [0.05, 0.1) is 20.7 Å². The summed E-state index contributed by atoms with van der Waals surface area (Å²) in [6.07, 6.45) is 0. The summed E-state index contributed by atoms with van der Waals surface area (Å²) < 4.78 is 6.09. The quantitative estimate of drug-likeness (QED) is 0.868. The SMILES string of the molecule is Cc1cc(CNC(=O)c2csc(I)c2)on1. The predicted octanol–water partition coefficient (Wildman–Crippen LogP) is 2.58. The fourth-order valence-electron chi connectivity index (χ4n) is 1.20. The van der Waals surface area contributed by atoms with E-state index in [0.717, 1.165) is 8.58 Å². The van der Waals surface area contributed by atoms with Gasteiger partial charge in [0.25, 0.3) is 5.91 Å². The molecule has 0 bridgehead atoms. The van der Waals surface area contributed by atoms with Gasteiger partial charge in [0.15, 0.2) is 5.76 Å². The second kappa shape index (κ2) is 4.96. The predicted molar refractivity (Wildman–Crippen MR) is 69.4 cm³/mol. The smallest absolute Gasteiger partial charge is 0.252 e. The first-order valence-electron chi connectivity index (χ1n) is 4.59. The van der Waals surface area contributed by atoms with E-state index in [9.17, 15) is 4.79 Å². The van der Waals surface area contributed by atoms with Crippen LogP contribution >= 0.6 is 33.9 Å². The lowest BCUT2D eigenvalue weighted by molar-refractivity contribution is 0.0947. The molecule has 0 aliphatic heterocycles. The van der Waals surface area contributed by atoms with Crippen LogP contribution in [0.5, 0.6) is 0 Å². The number of aryl methyl sites for hydroxylation is 1. The van der Waals surface area contributed by atoms with Gasteiger partial charge in [-0.15, -0.1) is 11.3 Å². The average Bonchev–Trinajstić information content (AvgIpc) is 2.84. The lowest BCUT2D eigenvalue weighted by Crippen LogP contribution is -2.21. The number of rotatable bonds is 3. The number of nitrogens with one attached hydrogen (secondary N) is 1. The van der Waals surface area contributed by atoms with Crippen LogP contribution in [-0.2, 0) is 6.54 Å². The van der Waals surface area contributed by atoms with Gasteiger partial charge in [-0.25, -0.2) is 0 Å². The molecule has 0 unspecified atom stereocenters. The van der Waals surface area contributed by atoms with Crippen molar-refractivity contribution in [3.63, 3.8) is 0 Å². The highest BCUT2D eigenvalue weighted by Gasteiger charge is 2.08. The standard InChI is InChI=1S/C10H9IN2O2S/c1-6-2-8(15-13-6)4-12-10(14)7-3-9(11)16-5-7/h2-3,5H,4H2,1H3,(H,12,14). The van der Waals surface area contributed by atoms with Crippen LogP contribution < -0.4 is 5.32 Å². The van der Waals surface area contributed by atoms with Crippen LogP contribution in [0.4, 0.5) is 0 Å². The molecule has 84 valence electrons. The first kappa shape index (κ1) is 11.6. The zero-order valence-electron chi connectivity index (χ0n) is 8.49. The minimum absolute atomic E-state index is 0.0896. The Morgan fingerprint density at radius 3 is 3.00 bits per heavy atom. The topological polar surface area (TPSA) is 55.1 Å². The molecule has 0 saturated heterocycles. The molecule has 0 fully saturated rings. The fraction of sp³-hybridized carbons (Fsp3) is 0.200. The second-order valence-electron chi connectivity index (χ2n) is 3.26. The average molecular weight is 348 g/mol. The second-order valence-corrected chi connectivity index (χ2v) is 6.06. The van der Waals surface area contributed by atoms with Gasteiger partial charge >= 0.3 is 0 Å². The van der Waals surface area contributed by atoms with Crippen molar-refractivity contribution >= 4 is 39.8 Å². The Balaban J connectivity index is 1.93. The number of carbonyl (C=O) groups is 1. The number of nitrogens with zero attached hydrogens (tertiary/aromatic N) is 1. The van der Waals surface area contributed by atoms with Crippen LogP contribution in [0.15, 0.2) is 22.0 Å². The number of hydrogen-bond donors (Lipinski definition) is 1. The summed E-state index contributed by atoms with van der Waals surface area (Å²) in [5, 5.41) is 8.35. The van der Waals surface area contributed by atoms with E-state index in [2.05, 4.69) is 33.1 Å². The molecule has 2 aromatic rings. The Labute approximate surface area is 110 Å². The normalized spacial score (nSPS) is 10.4. The van der Waals surface area contributed by atoms with Crippen molar-refractivity contribution in [2.45, 2.75) is 13.5 Å². The summed E-state index contributed by atoms with van der Waals surface area (Å²) in [5.74, 6) is 0.573. The molecule has 1 amide bonds. The molecule has 0 aromatic carbocycles. The van der Waals surface area contributed by atoms with Crippen LogP contribution in [-0.4, -0.2) is 11.1 Å². The molecular formula is C10H9IN2O2S. The van der Waals surface area contributed by atoms with Crippen molar-refractivity contribution in [3.8, 4) is 0 Å². The summed E-state index contributed by atoms with van der Waals surface area (Å²) in [6, 6.07) is 3.66. The largest absolute Gasteiger partial charge is 0.359 e. The molecule has 1 N–H and O–H groups in total. The van der Waals surface area contributed by atoms with Crippen LogP contribution in [0.3, 0.4) is 0 Å². The molecule has 0 aliphatic rings. The number of hydrogen-bond acceptors (Lipinski definition) is 4. The Bertz CT molecular complexity index is 506. The van der Waals surface area contributed by atoms with E-state index in [0.29, 0.717) is 17.9 Å². The van der Waals surface area contributed by atoms with Crippen LogP contribution in [0.2, 0.25) is 0 Å². The lowest BCUT2D eigenvalue weighted by atomic mass is 10.3. The van der Waals surface area contributed by atoms with Gasteiger partial charge in [-0.05, 0) is 35.6 Å². The van der Waals surface area contributed by atoms with Crippen molar-refractivity contribution in [1.82, 2.24) is 10.5 Å². The van der Waals surface area contributed by atoms with Gasteiger partial charge in [-0.2, -0.15) is 0 Å². The highest BCUT2D eigenvalue weighted by Crippen LogP contribution is 2.16. The molecule has 2 heterocycles. The number of aromatic nitrogens is 1. The van der Waals surface area contributed by atoms with Crippen molar-refractivity contribution in [2.75, 3.05) is 0 Å². The summed E-state index contributed by atoms with van der Waals surface area (Å²) >= 11 is 3.74. The van der Waals surface area contributed by atoms with Crippen LogP contribution in [0.1, 0.15) is 21.8 Å². The lowest BCUT2D eigenvalue weighted by Gasteiger charge is -1.99. The number of carbonyl (C=O) groups excluding carboxylic acids is 1. The minimum atomic E-state index is -0.0896. The Morgan fingerprint density at radius 2 is 2.44 bits per heavy atom. The van der Waals surface area contributed by atoms with Crippen molar-refractivity contribution < 1.29 is 9.32 Å². The summed E-state index contributed by atoms with van der Waals surface area (Å²) in [5.41, 5.74) is 1.50. The fourth-order valence-corrected chi connectivity index (χ4v) is 2.52. The first-order chi connectivity index (χ1) is 7.65. The van der Waals surface area contributed by atoms with Crippen molar-refractivity contribution in [3.05, 3.63) is 37.4 Å². The van der Waals surface area contributed by atoms with E-state index in [-0.39, 0.29) is 5.91 Å². The molecule has 2 rings (SSSR count). The molecule has 4 nitrogen and oxygen atoms in total. The third kappa shape index (κ3) is 2.82. The Kier molecular flexibility index (Phi) is 3.59. The maximum absolute atomic E-state index is 11.7. The first-order valence-corrected chi connectivity index (χ1v) is 6.55. The molecule has 2 aromatic heterocycles. The summed E-state index contributed by atoms with van der Waals surface area (Å²) in [7, 11) is 0. The number of amides is 1. The number of halogens is 1. The zero-order valence-corrected chi connectivity index (χ0v) is 11.5. The van der Waals surface area contributed by atoms with Crippen LogP contribution in [0.25, 0.3) is 0 Å². The summed E-state index contributed by atoms with van der Waals surface area (Å²) in [4.78, 5) is 11.7. The molecule has 0 aliphatic carbocycles. The Hall–Kier alpha value is -0.890. The summed E-state index contributed by atoms with van der Waals surface area (Å²) in [6.45, 7) is 2.21. The van der Waals surface area contributed by atoms with Crippen molar-refractivity contribution in [2.24, 2.45) is 0 Å². The van der Waals surface area contributed by atoms with Gasteiger partial charge in [-0.1, -0.05) is 5.16 Å². The van der Waals surface area contributed by atoms with Gasteiger partial charge in [-0.3, -0.25) is 4.79 Å². The molecule has 6 heteroatoms. The molecule has 0 atom stereocenters. The van der Waals surface area contributed by atoms with E-state index in [1.165, 1.54) is 0 Å². The number of thiophene rings is 1. The highest BCUT2D eigenvalue weighted by molar-refractivity contribution is 14.1. The van der Waals surface area contributed by atoms with Gasteiger partial charge in [0, 0.05) is 11.4 Å². The van der Waals surface area contributed by atoms with E-state index in [4.69, 9.17) is 4.52 Å². The van der Waals surface area contributed by atoms with Gasteiger partial charge in [0.1, 0.15) is 0 Å². The van der Waals surface area contributed by atoms with Crippen LogP contribution in [0, 0.1) is 9.81 Å². The highest BCUT2D eigenvalue weighted by atomic mass is 127. The molecular weight excluding hydrogens is 339 g/mol. The third-order valence-corrected chi connectivity index (χ3v) is 3.72. The molecule has 0 saturated carbocycles. The maximum atomic E-state index is 11.7. The van der Waals surface area contributed by atoms with E-state index < -0.39 is 0 Å².